The highest BCUT2D eigenvalue weighted by atomic mass is 14.9. The monoisotopic (exact) mass is 296 g/mol. The average molecular weight is 296 g/mol. The lowest BCUT2D eigenvalue weighted by Crippen LogP contribution is -1.93. The van der Waals surface area contributed by atoms with Gasteiger partial charge in [-0.3, -0.25) is 0 Å². The molecule has 0 atom stereocenters. The minimum atomic E-state index is 0.828. The maximum atomic E-state index is 4.52. The van der Waals surface area contributed by atoms with Crippen LogP contribution in [0.4, 0.5) is 0 Å². The van der Waals surface area contributed by atoms with E-state index in [1.54, 1.807) is 0 Å². The molecule has 1 aromatic heterocycles. The van der Waals surface area contributed by atoms with E-state index in [2.05, 4.69) is 48.1 Å². The summed E-state index contributed by atoms with van der Waals surface area (Å²) in [5.41, 5.74) is 3.70. The fourth-order valence-electron chi connectivity index (χ4n) is 2.63. The molecule has 0 aliphatic rings. The van der Waals surface area contributed by atoms with Gasteiger partial charge in [0.2, 0.25) is 0 Å². The molecule has 0 bridgehead atoms. The zero-order valence-corrected chi connectivity index (χ0v) is 14.0. The lowest BCUT2D eigenvalue weighted by Gasteiger charge is -2.04. The van der Waals surface area contributed by atoms with Crippen LogP contribution in [0, 0.1) is 0 Å². The smallest absolute Gasteiger partial charge is 0.159 e. The van der Waals surface area contributed by atoms with Crippen LogP contribution in [0.25, 0.3) is 11.4 Å². The number of hydrogen-bond acceptors (Lipinski definition) is 2. The standard InChI is InChI=1S/C20H28N2/c1-3-5-6-7-8-9-10-18-15-21-20(22-16-18)19-13-11-17(4-2)12-14-19/h11-16H,3-10H2,1-2H3. The maximum absolute atomic E-state index is 4.52. The minimum absolute atomic E-state index is 0.828. The number of benzene rings is 1. The van der Waals surface area contributed by atoms with Crippen molar-refractivity contribution < 1.29 is 0 Å². The summed E-state index contributed by atoms with van der Waals surface area (Å²) in [6.07, 6.45) is 14.1. The molecule has 0 radical (unpaired) electrons. The quantitative estimate of drug-likeness (QED) is 0.562. The van der Waals surface area contributed by atoms with Crippen molar-refractivity contribution in [2.45, 2.75) is 65.2 Å². The van der Waals surface area contributed by atoms with Crippen molar-refractivity contribution in [3.63, 3.8) is 0 Å². The maximum Gasteiger partial charge on any atom is 0.159 e. The highest BCUT2D eigenvalue weighted by Crippen LogP contribution is 2.16. The van der Waals surface area contributed by atoms with Crippen molar-refractivity contribution in [2.75, 3.05) is 0 Å². The Morgan fingerprint density at radius 3 is 2.00 bits per heavy atom. The van der Waals surface area contributed by atoms with E-state index < -0.39 is 0 Å². The van der Waals surface area contributed by atoms with E-state index >= 15 is 0 Å². The molecule has 2 aromatic rings. The Labute approximate surface area is 135 Å². The average Bonchev–Trinajstić information content (AvgIpc) is 2.59. The molecule has 0 amide bonds. The van der Waals surface area contributed by atoms with E-state index in [0.717, 1.165) is 24.2 Å². The Hall–Kier alpha value is -1.70. The van der Waals surface area contributed by atoms with Gasteiger partial charge in [0.15, 0.2) is 5.82 Å². The molecule has 0 spiro atoms. The lowest BCUT2D eigenvalue weighted by molar-refractivity contribution is 0.607. The Bertz CT molecular complexity index is 529. The van der Waals surface area contributed by atoms with Crippen LogP contribution in [-0.4, -0.2) is 9.97 Å². The summed E-state index contributed by atoms with van der Waals surface area (Å²) in [5, 5.41) is 0. The normalized spacial score (nSPS) is 10.8. The van der Waals surface area contributed by atoms with Gasteiger partial charge in [-0.2, -0.15) is 0 Å². The molecule has 0 saturated heterocycles. The van der Waals surface area contributed by atoms with Crippen molar-refractivity contribution in [3.8, 4) is 11.4 Å². The Morgan fingerprint density at radius 2 is 1.36 bits per heavy atom. The summed E-state index contributed by atoms with van der Waals surface area (Å²) in [7, 11) is 0. The van der Waals surface area contributed by atoms with Gasteiger partial charge in [0.05, 0.1) is 0 Å². The van der Waals surface area contributed by atoms with Gasteiger partial charge in [-0.15, -0.1) is 0 Å². The lowest BCUT2D eigenvalue weighted by atomic mass is 10.1. The van der Waals surface area contributed by atoms with Crippen LogP contribution in [0.1, 0.15) is 63.5 Å². The van der Waals surface area contributed by atoms with Gasteiger partial charge in [-0.1, -0.05) is 70.2 Å². The topological polar surface area (TPSA) is 25.8 Å². The summed E-state index contributed by atoms with van der Waals surface area (Å²) in [6, 6.07) is 8.54. The number of unbranched alkanes of at least 4 members (excludes halogenated alkanes) is 5. The van der Waals surface area contributed by atoms with E-state index in [4.69, 9.17) is 0 Å². The molecule has 22 heavy (non-hydrogen) atoms. The van der Waals surface area contributed by atoms with Crippen LogP contribution in [-0.2, 0) is 12.8 Å². The van der Waals surface area contributed by atoms with Gasteiger partial charge < -0.3 is 0 Å². The number of aromatic nitrogens is 2. The van der Waals surface area contributed by atoms with Gasteiger partial charge in [0, 0.05) is 18.0 Å². The Balaban J connectivity index is 1.82. The minimum Gasteiger partial charge on any atom is -0.236 e. The van der Waals surface area contributed by atoms with Gasteiger partial charge in [-0.25, -0.2) is 9.97 Å². The highest BCUT2D eigenvalue weighted by Gasteiger charge is 2.02. The molecular formula is C20H28N2. The summed E-state index contributed by atoms with van der Waals surface area (Å²) < 4.78 is 0. The van der Waals surface area contributed by atoms with Crippen LogP contribution < -0.4 is 0 Å². The molecule has 1 aromatic carbocycles. The first-order chi connectivity index (χ1) is 10.8. The third kappa shape index (κ3) is 5.25. The summed E-state index contributed by atoms with van der Waals surface area (Å²) in [4.78, 5) is 9.04. The molecule has 0 saturated carbocycles. The molecule has 0 unspecified atom stereocenters. The molecular weight excluding hydrogens is 268 g/mol. The molecule has 0 aliphatic carbocycles. The van der Waals surface area contributed by atoms with Gasteiger partial charge in [-0.05, 0) is 30.4 Å². The third-order valence-electron chi connectivity index (χ3n) is 4.14. The number of aryl methyl sites for hydroxylation is 2. The highest BCUT2D eigenvalue weighted by molar-refractivity contribution is 5.55. The first-order valence-electron chi connectivity index (χ1n) is 8.73. The summed E-state index contributed by atoms with van der Waals surface area (Å²) in [5.74, 6) is 0.828. The Morgan fingerprint density at radius 1 is 0.727 bits per heavy atom. The van der Waals surface area contributed by atoms with Crippen molar-refractivity contribution in [1.82, 2.24) is 9.97 Å². The molecule has 1 heterocycles. The van der Waals surface area contributed by atoms with Crippen molar-refractivity contribution in [3.05, 3.63) is 47.8 Å². The molecule has 0 fully saturated rings. The van der Waals surface area contributed by atoms with Gasteiger partial charge in [0.1, 0.15) is 0 Å². The van der Waals surface area contributed by atoms with Crippen LogP contribution >= 0.6 is 0 Å². The predicted octanol–water partition coefficient (Wildman–Crippen LogP) is 5.61. The fourth-order valence-corrected chi connectivity index (χ4v) is 2.63. The largest absolute Gasteiger partial charge is 0.236 e. The number of hydrogen-bond donors (Lipinski definition) is 0. The number of nitrogens with zero attached hydrogens (tertiary/aromatic N) is 2. The Kier molecular flexibility index (Phi) is 7.08. The second-order valence-electron chi connectivity index (χ2n) is 5.98. The van der Waals surface area contributed by atoms with E-state index in [1.807, 2.05) is 12.4 Å². The van der Waals surface area contributed by atoms with E-state index in [1.165, 1.54) is 49.7 Å². The van der Waals surface area contributed by atoms with Crippen LogP contribution in [0.2, 0.25) is 0 Å². The first kappa shape index (κ1) is 16.7. The number of rotatable bonds is 9. The van der Waals surface area contributed by atoms with E-state index in [9.17, 15) is 0 Å². The molecule has 118 valence electrons. The first-order valence-corrected chi connectivity index (χ1v) is 8.73. The van der Waals surface area contributed by atoms with Gasteiger partial charge in [0.25, 0.3) is 0 Å². The van der Waals surface area contributed by atoms with Gasteiger partial charge >= 0.3 is 0 Å². The third-order valence-corrected chi connectivity index (χ3v) is 4.14. The van der Waals surface area contributed by atoms with Crippen LogP contribution in [0.5, 0.6) is 0 Å². The van der Waals surface area contributed by atoms with Crippen molar-refractivity contribution in [1.29, 1.82) is 0 Å². The van der Waals surface area contributed by atoms with Crippen molar-refractivity contribution in [2.24, 2.45) is 0 Å². The summed E-state index contributed by atoms with van der Waals surface area (Å²) in [6.45, 7) is 4.43. The molecule has 0 aliphatic heterocycles. The molecule has 2 heteroatoms. The van der Waals surface area contributed by atoms with Crippen LogP contribution in [0.15, 0.2) is 36.7 Å². The van der Waals surface area contributed by atoms with E-state index in [-0.39, 0.29) is 0 Å². The van der Waals surface area contributed by atoms with Crippen molar-refractivity contribution >= 4 is 0 Å². The summed E-state index contributed by atoms with van der Waals surface area (Å²) >= 11 is 0. The zero-order valence-electron chi connectivity index (χ0n) is 14.0. The molecule has 2 rings (SSSR count). The SMILES string of the molecule is CCCCCCCCc1cnc(-c2ccc(CC)cc2)nc1. The molecule has 0 N–H and O–H groups in total. The fraction of sp³-hybridized carbons (Fsp3) is 0.500. The van der Waals surface area contributed by atoms with Crippen LogP contribution in [0.3, 0.4) is 0 Å². The zero-order chi connectivity index (χ0) is 15.6. The molecule has 2 nitrogen and oxygen atoms in total. The second-order valence-corrected chi connectivity index (χ2v) is 5.98. The predicted molar refractivity (Wildman–Crippen MR) is 93.9 cm³/mol. The second kappa shape index (κ2) is 9.34. The van der Waals surface area contributed by atoms with E-state index in [0.29, 0.717) is 0 Å².